The molecule has 110 valence electrons. The number of aliphatic carboxylic acids is 1. The molecule has 2 atom stereocenters. The van der Waals surface area contributed by atoms with Gasteiger partial charge in [-0.2, -0.15) is 0 Å². The maximum absolute atomic E-state index is 12.1. The highest BCUT2D eigenvalue weighted by molar-refractivity contribution is 5.91. The molecule has 3 N–H and O–H groups in total. The molecule has 0 radical (unpaired) electrons. The zero-order chi connectivity index (χ0) is 14.8. The molecule has 0 unspecified atom stereocenters. The summed E-state index contributed by atoms with van der Waals surface area (Å²) in [5, 5.41) is 21.3. The molecule has 0 spiro atoms. The van der Waals surface area contributed by atoms with Crippen molar-refractivity contribution in [3.8, 4) is 0 Å². The minimum Gasteiger partial charge on any atom is -0.481 e. The molecule has 0 bridgehead atoms. The van der Waals surface area contributed by atoms with Crippen LogP contribution in [-0.4, -0.2) is 35.2 Å². The number of nitrogens with one attached hydrogen (secondary N) is 1. The molecular formula is C14H25NO4. The highest BCUT2D eigenvalue weighted by Crippen LogP contribution is 2.58. The van der Waals surface area contributed by atoms with E-state index in [9.17, 15) is 14.7 Å². The Morgan fingerprint density at radius 1 is 1.21 bits per heavy atom. The van der Waals surface area contributed by atoms with Crippen molar-refractivity contribution in [1.82, 2.24) is 5.32 Å². The Kier molecular flexibility index (Phi) is 4.61. The van der Waals surface area contributed by atoms with Gasteiger partial charge in [-0.15, -0.1) is 0 Å². The highest BCUT2D eigenvalue weighted by Gasteiger charge is 2.65. The predicted molar refractivity (Wildman–Crippen MR) is 71.5 cm³/mol. The molecule has 1 fully saturated rings. The van der Waals surface area contributed by atoms with Gasteiger partial charge in [0.25, 0.3) is 0 Å². The van der Waals surface area contributed by atoms with Crippen LogP contribution in [0.2, 0.25) is 0 Å². The summed E-state index contributed by atoms with van der Waals surface area (Å²) in [5.41, 5.74) is -0.774. The van der Waals surface area contributed by atoms with E-state index in [1.54, 1.807) is 13.8 Å². The van der Waals surface area contributed by atoms with E-state index in [0.717, 1.165) is 12.8 Å². The molecule has 19 heavy (non-hydrogen) atoms. The van der Waals surface area contributed by atoms with Crippen LogP contribution >= 0.6 is 0 Å². The standard InChI is InChI=1S/C14H25NO4/c1-5-14(6-2,8-16)7-15-11(17)9-10(12(18)19)13(9,3)4/h9-10,16H,5-8H2,1-4H3,(H,15,17)(H,18,19)/t9-,10+/m1/s1. The molecule has 5 heteroatoms. The van der Waals surface area contributed by atoms with Crippen molar-refractivity contribution in [2.45, 2.75) is 40.5 Å². The van der Waals surface area contributed by atoms with Crippen molar-refractivity contribution in [2.24, 2.45) is 22.7 Å². The fourth-order valence-corrected chi connectivity index (χ4v) is 2.75. The summed E-state index contributed by atoms with van der Waals surface area (Å²) >= 11 is 0. The number of carbonyl (C=O) groups excluding carboxylic acids is 1. The Bertz CT molecular complexity index is 352. The fraction of sp³-hybridized carbons (Fsp3) is 0.857. The average molecular weight is 271 g/mol. The molecule has 0 heterocycles. The number of carbonyl (C=O) groups is 2. The van der Waals surface area contributed by atoms with Crippen LogP contribution in [0.1, 0.15) is 40.5 Å². The number of carboxylic acid groups (broad SMARTS) is 1. The van der Waals surface area contributed by atoms with Gasteiger partial charge in [0.2, 0.25) is 5.91 Å². The van der Waals surface area contributed by atoms with Gasteiger partial charge < -0.3 is 15.5 Å². The fourth-order valence-electron chi connectivity index (χ4n) is 2.75. The summed E-state index contributed by atoms with van der Waals surface area (Å²) in [6.45, 7) is 7.98. The molecule has 0 aromatic rings. The molecule has 0 aliphatic heterocycles. The van der Waals surface area contributed by atoms with Gasteiger partial charge in [-0.1, -0.05) is 27.7 Å². The van der Waals surface area contributed by atoms with Gasteiger partial charge in [-0.25, -0.2) is 0 Å². The van der Waals surface area contributed by atoms with Crippen molar-refractivity contribution >= 4 is 11.9 Å². The minimum atomic E-state index is -0.912. The van der Waals surface area contributed by atoms with E-state index in [0.29, 0.717) is 6.54 Å². The molecule has 0 aromatic heterocycles. The van der Waals surface area contributed by atoms with Gasteiger partial charge in [0.15, 0.2) is 0 Å². The number of carboxylic acids is 1. The van der Waals surface area contributed by atoms with E-state index in [4.69, 9.17) is 5.11 Å². The number of hydrogen-bond acceptors (Lipinski definition) is 3. The van der Waals surface area contributed by atoms with E-state index < -0.39 is 23.2 Å². The second kappa shape index (κ2) is 5.49. The number of hydrogen-bond donors (Lipinski definition) is 3. The Labute approximate surface area is 114 Å². The van der Waals surface area contributed by atoms with Gasteiger partial charge in [0.05, 0.1) is 18.4 Å². The Balaban J connectivity index is 2.61. The van der Waals surface area contributed by atoms with Crippen molar-refractivity contribution in [2.75, 3.05) is 13.2 Å². The van der Waals surface area contributed by atoms with E-state index in [2.05, 4.69) is 5.32 Å². The van der Waals surface area contributed by atoms with Crippen molar-refractivity contribution in [1.29, 1.82) is 0 Å². The molecular weight excluding hydrogens is 246 g/mol. The van der Waals surface area contributed by atoms with Crippen LogP contribution in [-0.2, 0) is 9.59 Å². The van der Waals surface area contributed by atoms with Crippen LogP contribution < -0.4 is 5.32 Å². The summed E-state index contributed by atoms with van der Waals surface area (Å²) in [6.07, 6.45) is 1.55. The smallest absolute Gasteiger partial charge is 0.307 e. The number of aliphatic hydroxyl groups is 1. The third-order valence-corrected chi connectivity index (χ3v) is 4.85. The first-order chi connectivity index (χ1) is 8.75. The number of aliphatic hydroxyl groups excluding tert-OH is 1. The van der Waals surface area contributed by atoms with Crippen LogP contribution in [0.15, 0.2) is 0 Å². The lowest BCUT2D eigenvalue weighted by Gasteiger charge is -2.29. The van der Waals surface area contributed by atoms with Crippen molar-refractivity contribution < 1.29 is 19.8 Å². The first-order valence-corrected chi connectivity index (χ1v) is 6.87. The lowest BCUT2D eigenvalue weighted by atomic mass is 9.83. The zero-order valence-electron chi connectivity index (χ0n) is 12.2. The molecule has 0 aromatic carbocycles. The van der Waals surface area contributed by atoms with Gasteiger partial charge in [-0.3, -0.25) is 9.59 Å². The summed E-state index contributed by atoms with van der Waals surface area (Å²) < 4.78 is 0. The van der Waals surface area contributed by atoms with E-state index in [1.165, 1.54) is 0 Å². The van der Waals surface area contributed by atoms with Gasteiger partial charge in [0.1, 0.15) is 0 Å². The molecule has 1 aliphatic carbocycles. The Morgan fingerprint density at radius 2 is 1.74 bits per heavy atom. The largest absolute Gasteiger partial charge is 0.481 e. The minimum absolute atomic E-state index is 0.0245. The third kappa shape index (κ3) is 2.91. The van der Waals surface area contributed by atoms with E-state index in [1.807, 2.05) is 13.8 Å². The van der Waals surface area contributed by atoms with Crippen molar-refractivity contribution in [3.63, 3.8) is 0 Å². The van der Waals surface area contributed by atoms with Gasteiger partial charge in [0, 0.05) is 12.0 Å². The SMILES string of the molecule is CCC(CC)(CO)CNC(=O)[C@H]1[C@@H](C(=O)O)C1(C)C. The van der Waals surface area contributed by atoms with Crippen LogP contribution in [0.5, 0.6) is 0 Å². The monoisotopic (exact) mass is 271 g/mol. The second-order valence-electron chi connectivity index (χ2n) is 6.20. The maximum Gasteiger partial charge on any atom is 0.307 e. The van der Waals surface area contributed by atoms with Crippen LogP contribution in [0, 0.1) is 22.7 Å². The molecule has 1 aliphatic rings. The summed E-state index contributed by atoms with van der Waals surface area (Å²) in [4.78, 5) is 23.1. The summed E-state index contributed by atoms with van der Waals surface area (Å²) in [6, 6.07) is 0. The van der Waals surface area contributed by atoms with Gasteiger partial charge >= 0.3 is 5.97 Å². The molecule has 1 saturated carbocycles. The highest BCUT2D eigenvalue weighted by atomic mass is 16.4. The van der Waals surface area contributed by atoms with Crippen molar-refractivity contribution in [3.05, 3.63) is 0 Å². The number of amides is 1. The second-order valence-corrected chi connectivity index (χ2v) is 6.20. The van der Waals surface area contributed by atoms with E-state index >= 15 is 0 Å². The normalized spacial score (nSPS) is 24.9. The summed E-state index contributed by atoms with van der Waals surface area (Å²) in [7, 11) is 0. The quantitative estimate of drug-likeness (QED) is 0.650. The summed E-state index contributed by atoms with van der Waals surface area (Å²) in [5.74, 6) is -2.18. The topological polar surface area (TPSA) is 86.6 Å². The Hall–Kier alpha value is -1.10. The first-order valence-electron chi connectivity index (χ1n) is 6.87. The Morgan fingerprint density at radius 3 is 2.05 bits per heavy atom. The van der Waals surface area contributed by atoms with Crippen LogP contribution in [0.25, 0.3) is 0 Å². The molecule has 1 amide bonds. The molecule has 0 saturated heterocycles. The molecule has 5 nitrogen and oxygen atoms in total. The predicted octanol–water partition coefficient (Wildman–Crippen LogP) is 1.26. The van der Waals surface area contributed by atoms with Crippen LogP contribution in [0.4, 0.5) is 0 Å². The third-order valence-electron chi connectivity index (χ3n) is 4.85. The zero-order valence-corrected chi connectivity index (χ0v) is 12.2. The molecule has 1 rings (SSSR count). The van der Waals surface area contributed by atoms with E-state index in [-0.39, 0.29) is 17.9 Å². The first kappa shape index (κ1) is 16.0. The lowest BCUT2D eigenvalue weighted by Crippen LogP contribution is -2.40. The number of rotatable bonds is 7. The lowest BCUT2D eigenvalue weighted by molar-refractivity contribution is -0.140. The van der Waals surface area contributed by atoms with Gasteiger partial charge in [-0.05, 0) is 18.3 Å². The average Bonchev–Trinajstić information content (AvgIpc) is 2.95. The van der Waals surface area contributed by atoms with Crippen LogP contribution in [0.3, 0.4) is 0 Å². The maximum atomic E-state index is 12.1.